The van der Waals surface area contributed by atoms with Gasteiger partial charge in [0.1, 0.15) is 11.6 Å². The molecule has 2 unspecified atom stereocenters. The molecule has 1 saturated heterocycles. The Balaban J connectivity index is 1.32. The fourth-order valence-electron chi connectivity index (χ4n) is 4.09. The number of hydrogen-bond donors (Lipinski definition) is 4. The zero-order chi connectivity index (χ0) is 22.9. The van der Waals surface area contributed by atoms with Crippen molar-refractivity contribution >= 4 is 29.3 Å². The number of oxazole rings is 1. The van der Waals surface area contributed by atoms with Crippen molar-refractivity contribution in [1.29, 1.82) is 0 Å². The number of halogens is 1. The smallest absolute Gasteiger partial charge is 0.301 e. The minimum atomic E-state index is -0.708. The van der Waals surface area contributed by atoms with Gasteiger partial charge in [0.15, 0.2) is 0 Å². The van der Waals surface area contributed by atoms with Crippen LogP contribution in [0.15, 0.2) is 28.9 Å². The number of rotatable bonds is 6. The molecule has 5 N–H and O–H groups in total. The lowest BCUT2D eigenvalue weighted by atomic mass is 10.1. The van der Waals surface area contributed by atoms with Gasteiger partial charge in [-0.25, -0.2) is 19.9 Å². The van der Waals surface area contributed by atoms with Crippen LogP contribution in [0, 0.1) is 5.95 Å². The third-order valence-electron chi connectivity index (χ3n) is 5.69. The molecule has 12 heteroatoms. The minimum Gasteiger partial charge on any atom is -0.418 e. The van der Waals surface area contributed by atoms with Crippen LogP contribution in [0.5, 0.6) is 0 Å². The van der Waals surface area contributed by atoms with E-state index in [-0.39, 0.29) is 23.7 Å². The van der Waals surface area contributed by atoms with Crippen LogP contribution in [-0.4, -0.2) is 37.8 Å². The molecule has 1 fully saturated rings. The van der Waals surface area contributed by atoms with Crippen molar-refractivity contribution < 1.29 is 18.4 Å². The zero-order valence-corrected chi connectivity index (χ0v) is 17.5. The van der Waals surface area contributed by atoms with Crippen molar-refractivity contribution in [2.75, 3.05) is 10.6 Å². The van der Waals surface area contributed by atoms with Crippen LogP contribution >= 0.6 is 0 Å². The topological polar surface area (TPSA) is 161 Å². The molecule has 33 heavy (non-hydrogen) atoms. The van der Waals surface area contributed by atoms with Gasteiger partial charge in [-0.2, -0.15) is 4.39 Å². The van der Waals surface area contributed by atoms with E-state index in [0.29, 0.717) is 30.2 Å². The SMILES string of the molecule is NC(=O)c1cnc(Nc2nc(C3CCC(C(=O)Nc4ccc(F)nc4)N3)nc3c2CCC3)o1. The molecule has 4 heterocycles. The third-order valence-corrected chi connectivity index (χ3v) is 5.69. The Bertz CT molecular complexity index is 1210. The molecule has 0 spiro atoms. The van der Waals surface area contributed by atoms with E-state index in [0.717, 1.165) is 30.5 Å². The van der Waals surface area contributed by atoms with Gasteiger partial charge in [-0.05, 0) is 44.2 Å². The van der Waals surface area contributed by atoms with Crippen molar-refractivity contribution in [3.05, 3.63) is 53.3 Å². The zero-order valence-electron chi connectivity index (χ0n) is 17.5. The maximum Gasteiger partial charge on any atom is 0.301 e. The molecule has 2 amide bonds. The molecule has 2 atom stereocenters. The molecule has 170 valence electrons. The monoisotopic (exact) mass is 452 g/mol. The van der Waals surface area contributed by atoms with Gasteiger partial charge >= 0.3 is 6.01 Å². The molecule has 11 nitrogen and oxygen atoms in total. The predicted molar refractivity (Wildman–Crippen MR) is 114 cm³/mol. The first kappa shape index (κ1) is 20.9. The van der Waals surface area contributed by atoms with Crippen molar-refractivity contribution in [1.82, 2.24) is 25.3 Å². The highest BCUT2D eigenvalue weighted by atomic mass is 19.1. The van der Waals surface area contributed by atoms with E-state index in [1.54, 1.807) is 0 Å². The van der Waals surface area contributed by atoms with Crippen LogP contribution in [-0.2, 0) is 17.6 Å². The second kappa shape index (κ2) is 8.54. The maximum atomic E-state index is 13.0. The van der Waals surface area contributed by atoms with E-state index in [2.05, 4.69) is 30.9 Å². The van der Waals surface area contributed by atoms with E-state index in [9.17, 15) is 14.0 Å². The molecular formula is C21H21FN8O3. The minimum absolute atomic E-state index is 0.0499. The molecule has 3 aromatic rings. The number of carbonyl (C=O) groups is 2. The molecule has 5 rings (SSSR count). The molecule has 2 aliphatic rings. The lowest BCUT2D eigenvalue weighted by molar-refractivity contribution is -0.117. The second-order valence-electron chi connectivity index (χ2n) is 7.94. The summed E-state index contributed by atoms with van der Waals surface area (Å²) in [6.07, 6.45) is 6.38. The highest BCUT2D eigenvalue weighted by Crippen LogP contribution is 2.32. The summed E-state index contributed by atoms with van der Waals surface area (Å²) in [6, 6.07) is 2.10. The number of aryl methyl sites for hydroxylation is 1. The standard InChI is InChI=1S/C21H21FN8O3/c22-16-7-4-10(8-24-16)26-20(32)14-6-5-13(27-14)19-28-12-3-1-2-11(12)18(29-19)30-21-25-9-15(33-21)17(23)31/h4,7-9,13-14,27H,1-3,5-6H2,(H2,23,31)(H,26,32)(H,25,28,29,30). The summed E-state index contributed by atoms with van der Waals surface area (Å²) in [6.45, 7) is 0. The number of nitrogens with zero attached hydrogens (tertiary/aromatic N) is 4. The summed E-state index contributed by atoms with van der Waals surface area (Å²) in [5.74, 6) is -0.466. The van der Waals surface area contributed by atoms with Gasteiger partial charge in [0.2, 0.25) is 17.6 Å². The first-order chi connectivity index (χ1) is 16.0. The van der Waals surface area contributed by atoms with Gasteiger partial charge in [0.25, 0.3) is 5.91 Å². The first-order valence-corrected chi connectivity index (χ1v) is 10.6. The molecular weight excluding hydrogens is 431 g/mol. The molecule has 3 aromatic heterocycles. The summed E-state index contributed by atoms with van der Waals surface area (Å²) in [5, 5.41) is 9.05. The average Bonchev–Trinajstić information content (AvgIpc) is 3.55. The normalized spacial score (nSPS) is 19.3. The summed E-state index contributed by atoms with van der Waals surface area (Å²) in [4.78, 5) is 40.9. The van der Waals surface area contributed by atoms with Crippen molar-refractivity contribution in [2.45, 2.75) is 44.2 Å². The van der Waals surface area contributed by atoms with Crippen LogP contribution in [0.4, 0.5) is 21.9 Å². The predicted octanol–water partition coefficient (Wildman–Crippen LogP) is 1.76. The van der Waals surface area contributed by atoms with Gasteiger partial charge in [-0.15, -0.1) is 0 Å². The van der Waals surface area contributed by atoms with Crippen LogP contribution < -0.4 is 21.7 Å². The van der Waals surface area contributed by atoms with Crippen molar-refractivity contribution in [3.8, 4) is 0 Å². The van der Waals surface area contributed by atoms with Gasteiger partial charge in [-0.3, -0.25) is 20.2 Å². The van der Waals surface area contributed by atoms with E-state index >= 15 is 0 Å². The number of pyridine rings is 1. The Hall–Kier alpha value is -3.93. The number of nitrogens with one attached hydrogen (secondary N) is 3. The molecule has 0 saturated carbocycles. The Kier molecular flexibility index (Phi) is 5.42. The summed E-state index contributed by atoms with van der Waals surface area (Å²) >= 11 is 0. The van der Waals surface area contributed by atoms with Gasteiger partial charge in [0, 0.05) is 11.3 Å². The van der Waals surface area contributed by atoms with E-state index < -0.39 is 17.9 Å². The fraction of sp³-hybridized carbons (Fsp3) is 0.333. The van der Waals surface area contributed by atoms with Crippen LogP contribution in [0.2, 0.25) is 0 Å². The van der Waals surface area contributed by atoms with Crippen LogP contribution in [0.3, 0.4) is 0 Å². The highest BCUT2D eigenvalue weighted by Gasteiger charge is 2.33. The average molecular weight is 452 g/mol. The lowest BCUT2D eigenvalue weighted by Gasteiger charge is -2.16. The number of fused-ring (bicyclic) bond motifs is 1. The highest BCUT2D eigenvalue weighted by molar-refractivity contribution is 5.94. The molecule has 1 aliphatic heterocycles. The quantitative estimate of drug-likeness (QED) is 0.408. The van der Waals surface area contributed by atoms with E-state index in [1.165, 1.54) is 24.5 Å². The Morgan fingerprint density at radius 1 is 1.15 bits per heavy atom. The molecule has 0 radical (unpaired) electrons. The van der Waals surface area contributed by atoms with Crippen LogP contribution in [0.25, 0.3) is 0 Å². The second-order valence-corrected chi connectivity index (χ2v) is 7.94. The molecule has 0 bridgehead atoms. The van der Waals surface area contributed by atoms with Gasteiger partial charge in [0.05, 0.1) is 30.2 Å². The fourth-order valence-corrected chi connectivity index (χ4v) is 4.09. The summed E-state index contributed by atoms with van der Waals surface area (Å²) in [5.41, 5.74) is 7.57. The maximum absolute atomic E-state index is 13.0. The number of amides is 2. The largest absolute Gasteiger partial charge is 0.418 e. The van der Waals surface area contributed by atoms with E-state index in [4.69, 9.17) is 15.1 Å². The first-order valence-electron chi connectivity index (χ1n) is 10.6. The Labute approximate surface area is 187 Å². The molecule has 1 aliphatic carbocycles. The number of primary amides is 1. The lowest BCUT2D eigenvalue weighted by Crippen LogP contribution is -2.37. The van der Waals surface area contributed by atoms with E-state index in [1.807, 2.05) is 0 Å². The Morgan fingerprint density at radius 3 is 2.79 bits per heavy atom. The van der Waals surface area contributed by atoms with Gasteiger partial charge in [-0.1, -0.05) is 0 Å². The number of carbonyl (C=O) groups excluding carboxylic acids is 2. The van der Waals surface area contributed by atoms with Gasteiger partial charge < -0.3 is 15.5 Å². The number of nitrogens with two attached hydrogens (primary N) is 1. The number of aromatic nitrogens is 4. The number of anilines is 3. The molecule has 0 aromatic carbocycles. The summed E-state index contributed by atoms with van der Waals surface area (Å²) < 4.78 is 18.3. The Morgan fingerprint density at radius 2 is 2.03 bits per heavy atom. The van der Waals surface area contributed by atoms with Crippen molar-refractivity contribution in [3.63, 3.8) is 0 Å². The summed E-state index contributed by atoms with van der Waals surface area (Å²) in [7, 11) is 0. The van der Waals surface area contributed by atoms with Crippen molar-refractivity contribution in [2.24, 2.45) is 5.73 Å². The third kappa shape index (κ3) is 4.37. The van der Waals surface area contributed by atoms with Crippen LogP contribution in [0.1, 0.15) is 52.9 Å². The number of hydrogen-bond acceptors (Lipinski definition) is 9.